The first-order valence-corrected chi connectivity index (χ1v) is 8.14. The van der Waals surface area contributed by atoms with E-state index in [1.54, 1.807) is 0 Å². The van der Waals surface area contributed by atoms with Gasteiger partial charge in [-0.3, -0.25) is 9.69 Å². The average molecular weight is 330 g/mol. The lowest BCUT2D eigenvalue weighted by Gasteiger charge is -2.31. The smallest absolute Gasteiger partial charge is 0.240 e. The van der Waals surface area contributed by atoms with E-state index in [1.807, 2.05) is 30.3 Å². The number of ether oxygens (including phenoxy) is 1. The van der Waals surface area contributed by atoms with E-state index >= 15 is 0 Å². The van der Waals surface area contributed by atoms with Gasteiger partial charge in [0.2, 0.25) is 11.8 Å². The van der Waals surface area contributed by atoms with E-state index in [0.717, 1.165) is 12.1 Å². The summed E-state index contributed by atoms with van der Waals surface area (Å²) in [7, 11) is 0. The fourth-order valence-electron chi connectivity index (χ4n) is 2.60. The number of amides is 1. The first kappa shape index (κ1) is 16.6. The van der Waals surface area contributed by atoms with Crippen LogP contribution in [-0.2, 0) is 29.0 Å². The molecule has 1 aromatic heterocycles. The Labute approximate surface area is 141 Å². The molecule has 1 unspecified atom stereocenters. The van der Waals surface area contributed by atoms with Crippen molar-refractivity contribution in [2.24, 2.45) is 0 Å². The van der Waals surface area contributed by atoms with Crippen LogP contribution in [-0.4, -0.2) is 46.7 Å². The van der Waals surface area contributed by atoms with E-state index in [9.17, 15) is 4.79 Å². The molecule has 3 rings (SSSR count). The van der Waals surface area contributed by atoms with E-state index in [-0.39, 0.29) is 12.3 Å². The monoisotopic (exact) mass is 330 g/mol. The van der Waals surface area contributed by atoms with E-state index in [4.69, 9.17) is 9.26 Å². The first-order chi connectivity index (χ1) is 11.7. The Balaban J connectivity index is 1.47. The standard InChI is InChI=1S/C17H22N4O3/c1-13-12-23-8-7-21(13)11-17-19-15(20-24-17)9-16(22)18-10-14-5-3-2-4-6-14/h2-6,13H,7-12H2,1H3,(H,18,22). The van der Waals surface area contributed by atoms with Gasteiger partial charge in [-0.25, -0.2) is 0 Å². The molecule has 1 saturated heterocycles. The third-order valence-corrected chi connectivity index (χ3v) is 4.00. The van der Waals surface area contributed by atoms with Gasteiger partial charge < -0.3 is 14.6 Å². The second-order valence-electron chi connectivity index (χ2n) is 5.94. The predicted octanol–water partition coefficient (Wildman–Crippen LogP) is 1.15. The molecule has 1 aliphatic heterocycles. The Morgan fingerprint density at radius 2 is 2.21 bits per heavy atom. The molecule has 7 nitrogen and oxygen atoms in total. The molecule has 128 valence electrons. The zero-order valence-electron chi connectivity index (χ0n) is 13.8. The maximum Gasteiger partial charge on any atom is 0.240 e. The maximum atomic E-state index is 12.0. The highest BCUT2D eigenvalue weighted by molar-refractivity contribution is 5.77. The number of hydrogen-bond donors (Lipinski definition) is 1. The largest absolute Gasteiger partial charge is 0.379 e. The molecule has 0 spiro atoms. The molecule has 0 radical (unpaired) electrons. The number of benzene rings is 1. The summed E-state index contributed by atoms with van der Waals surface area (Å²) >= 11 is 0. The Morgan fingerprint density at radius 3 is 3.00 bits per heavy atom. The molecule has 0 saturated carbocycles. The fraction of sp³-hybridized carbons (Fsp3) is 0.471. The highest BCUT2D eigenvalue weighted by Crippen LogP contribution is 2.11. The van der Waals surface area contributed by atoms with E-state index in [0.29, 0.717) is 44.1 Å². The maximum absolute atomic E-state index is 12.0. The van der Waals surface area contributed by atoms with Crippen molar-refractivity contribution in [1.82, 2.24) is 20.4 Å². The van der Waals surface area contributed by atoms with Crippen molar-refractivity contribution in [3.63, 3.8) is 0 Å². The van der Waals surface area contributed by atoms with Crippen LogP contribution in [0.25, 0.3) is 0 Å². The number of aromatic nitrogens is 2. The third-order valence-electron chi connectivity index (χ3n) is 4.00. The summed E-state index contributed by atoms with van der Waals surface area (Å²) in [5.41, 5.74) is 1.06. The number of hydrogen-bond acceptors (Lipinski definition) is 6. The number of rotatable bonds is 6. The predicted molar refractivity (Wildman–Crippen MR) is 87.0 cm³/mol. The van der Waals surface area contributed by atoms with Gasteiger partial charge in [-0.2, -0.15) is 4.98 Å². The lowest BCUT2D eigenvalue weighted by molar-refractivity contribution is -0.120. The number of carbonyl (C=O) groups excluding carboxylic acids is 1. The molecule has 24 heavy (non-hydrogen) atoms. The summed E-state index contributed by atoms with van der Waals surface area (Å²) in [6, 6.07) is 10.1. The molecule has 1 fully saturated rings. The van der Waals surface area contributed by atoms with Crippen LogP contribution < -0.4 is 5.32 Å². The molecule has 2 aromatic rings. The summed E-state index contributed by atoms with van der Waals surface area (Å²) < 4.78 is 10.7. The van der Waals surface area contributed by atoms with E-state index < -0.39 is 0 Å². The van der Waals surface area contributed by atoms with Crippen LogP contribution in [0.5, 0.6) is 0 Å². The van der Waals surface area contributed by atoms with Gasteiger partial charge in [0.25, 0.3) is 0 Å². The Hall–Kier alpha value is -2.25. The van der Waals surface area contributed by atoms with Crippen LogP contribution in [0.3, 0.4) is 0 Å². The molecular weight excluding hydrogens is 308 g/mol. The molecule has 1 N–H and O–H groups in total. The van der Waals surface area contributed by atoms with Gasteiger partial charge >= 0.3 is 0 Å². The van der Waals surface area contributed by atoms with Gasteiger partial charge in [-0.15, -0.1) is 0 Å². The Morgan fingerprint density at radius 1 is 1.38 bits per heavy atom. The lowest BCUT2D eigenvalue weighted by atomic mass is 10.2. The zero-order valence-corrected chi connectivity index (χ0v) is 13.8. The summed E-state index contributed by atoms with van der Waals surface area (Å²) in [4.78, 5) is 18.5. The normalized spacial score (nSPS) is 18.5. The lowest BCUT2D eigenvalue weighted by Crippen LogP contribution is -2.42. The van der Waals surface area contributed by atoms with Crippen LogP contribution >= 0.6 is 0 Å². The van der Waals surface area contributed by atoms with Crippen LogP contribution in [0, 0.1) is 0 Å². The van der Waals surface area contributed by atoms with Crippen LogP contribution in [0.15, 0.2) is 34.9 Å². The topological polar surface area (TPSA) is 80.5 Å². The van der Waals surface area contributed by atoms with Crippen molar-refractivity contribution in [2.75, 3.05) is 19.8 Å². The van der Waals surface area contributed by atoms with Gasteiger partial charge in [0.15, 0.2) is 5.82 Å². The minimum absolute atomic E-state index is 0.119. The zero-order chi connectivity index (χ0) is 16.8. The fourth-order valence-corrected chi connectivity index (χ4v) is 2.60. The molecule has 7 heteroatoms. The van der Waals surface area contributed by atoms with Gasteiger partial charge in [0.1, 0.15) is 0 Å². The highest BCUT2D eigenvalue weighted by Gasteiger charge is 2.21. The van der Waals surface area contributed by atoms with Crippen LogP contribution in [0.2, 0.25) is 0 Å². The first-order valence-electron chi connectivity index (χ1n) is 8.14. The van der Waals surface area contributed by atoms with Crippen molar-refractivity contribution >= 4 is 5.91 Å². The van der Waals surface area contributed by atoms with E-state index in [2.05, 4.69) is 27.3 Å². The molecule has 0 bridgehead atoms. The van der Waals surface area contributed by atoms with Crippen LogP contribution in [0.4, 0.5) is 0 Å². The van der Waals surface area contributed by atoms with Crippen molar-refractivity contribution < 1.29 is 14.1 Å². The minimum atomic E-state index is -0.119. The molecule has 2 heterocycles. The second-order valence-corrected chi connectivity index (χ2v) is 5.94. The molecule has 0 aliphatic carbocycles. The second kappa shape index (κ2) is 8.03. The SMILES string of the molecule is CC1COCCN1Cc1nc(CC(=O)NCc2ccccc2)no1. The van der Waals surface area contributed by atoms with E-state index in [1.165, 1.54) is 0 Å². The Kier molecular flexibility index (Phi) is 5.55. The number of carbonyl (C=O) groups is 1. The quantitative estimate of drug-likeness (QED) is 0.856. The Bertz CT molecular complexity index is 659. The minimum Gasteiger partial charge on any atom is -0.379 e. The molecular formula is C17H22N4O3. The molecule has 1 amide bonds. The molecule has 1 aromatic carbocycles. The number of morpholine rings is 1. The van der Waals surface area contributed by atoms with Gasteiger partial charge in [0.05, 0.1) is 26.2 Å². The van der Waals surface area contributed by atoms with Crippen molar-refractivity contribution in [2.45, 2.75) is 32.5 Å². The summed E-state index contributed by atoms with van der Waals surface area (Å²) in [6.07, 6.45) is 0.120. The summed E-state index contributed by atoms with van der Waals surface area (Å²) in [5, 5.41) is 6.75. The van der Waals surface area contributed by atoms with Gasteiger partial charge in [0, 0.05) is 19.1 Å². The summed E-state index contributed by atoms with van der Waals surface area (Å²) in [5.74, 6) is 0.831. The van der Waals surface area contributed by atoms with Gasteiger partial charge in [-0.1, -0.05) is 35.5 Å². The number of nitrogens with zero attached hydrogens (tertiary/aromatic N) is 3. The highest BCUT2D eigenvalue weighted by atomic mass is 16.5. The van der Waals surface area contributed by atoms with Crippen molar-refractivity contribution in [1.29, 1.82) is 0 Å². The molecule has 1 aliphatic rings. The number of nitrogens with one attached hydrogen (secondary N) is 1. The van der Waals surface area contributed by atoms with Gasteiger partial charge in [-0.05, 0) is 12.5 Å². The van der Waals surface area contributed by atoms with Crippen molar-refractivity contribution in [3.8, 4) is 0 Å². The van der Waals surface area contributed by atoms with Crippen molar-refractivity contribution in [3.05, 3.63) is 47.6 Å². The van der Waals surface area contributed by atoms with Crippen LogP contribution in [0.1, 0.15) is 24.2 Å². The molecule has 1 atom stereocenters. The summed E-state index contributed by atoms with van der Waals surface area (Å²) in [6.45, 7) is 5.46. The third kappa shape index (κ3) is 4.62. The average Bonchev–Trinajstić information content (AvgIpc) is 3.03.